The fraction of sp³-hybridized carbons (Fsp3) is 0.652. The maximum Gasteiger partial charge on any atom is 0.319 e. The van der Waals surface area contributed by atoms with E-state index in [9.17, 15) is 9.59 Å². The van der Waals surface area contributed by atoms with Crippen LogP contribution in [0.25, 0.3) is 0 Å². The second-order valence-electron chi connectivity index (χ2n) is 8.69. The Morgan fingerprint density at radius 1 is 1.03 bits per heavy atom. The van der Waals surface area contributed by atoms with Gasteiger partial charge in [0.05, 0.1) is 19.7 Å². The van der Waals surface area contributed by atoms with Crippen LogP contribution in [-0.2, 0) is 4.79 Å². The first-order valence-electron chi connectivity index (χ1n) is 11.5. The van der Waals surface area contributed by atoms with Gasteiger partial charge in [0, 0.05) is 30.6 Å². The van der Waals surface area contributed by atoms with Gasteiger partial charge in [0.25, 0.3) is 5.91 Å². The van der Waals surface area contributed by atoms with Crippen LogP contribution in [0, 0.1) is 5.92 Å². The van der Waals surface area contributed by atoms with Gasteiger partial charge in [-0.15, -0.1) is 0 Å². The fourth-order valence-electron chi connectivity index (χ4n) is 4.52. The number of benzene rings is 1. The molecule has 3 rings (SSSR count). The van der Waals surface area contributed by atoms with Crippen LogP contribution in [-0.4, -0.2) is 50.3 Å². The number of amides is 3. The number of piperidine rings is 1. The monoisotopic (exact) mass is 417 g/mol. The molecule has 0 bridgehead atoms. The summed E-state index contributed by atoms with van der Waals surface area (Å²) in [5.74, 6) is 1.55. The van der Waals surface area contributed by atoms with E-state index in [-0.39, 0.29) is 18.0 Å². The standard InChI is InChI=1S/C23H36N4O3/c1-3-30-20-10-8-18(9-11-20)24-23(29)25-19-12-14-27(15-13-19)16-22(28)26-21-7-5-4-6-17(21)2/h8-11,17,19,21H,3-7,12-16H2,1-2H3,(H,26,28)(H2,24,25,29)/p+1/t17-,21+/m1/s1. The third-order valence-corrected chi connectivity index (χ3v) is 6.32. The molecular weight excluding hydrogens is 380 g/mol. The van der Waals surface area contributed by atoms with Crippen molar-refractivity contribution in [2.45, 2.75) is 64.5 Å². The van der Waals surface area contributed by atoms with Crippen LogP contribution in [0.1, 0.15) is 52.4 Å². The Hall–Kier alpha value is -2.28. The van der Waals surface area contributed by atoms with Gasteiger partial charge in [-0.3, -0.25) is 4.79 Å². The molecule has 0 unspecified atom stereocenters. The molecule has 30 heavy (non-hydrogen) atoms. The van der Waals surface area contributed by atoms with Gasteiger partial charge in [-0.25, -0.2) is 4.79 Å². The number of anilines is 1. The molecule has 1 saturated heterocycles. The predicted molar refractivity (Wildman–Crippen MR) is 118 cm³/mol. The number of rotatable bonds is 7. The first-order chi connectivity index (χ1) is 14.5. The first-order valence-corrected chi connectivity index (χ1v) is 11.5. The summed E-state index contributed by atoms with van der Waals surface area (Å²) in [4.78, 5) is 26.0. The van der Waals surface area contributed by atoms with Crippen molar-refractivity contribution in [2.75, 3.05) is 31.6 Å². The Bertz CT molecular complexity index is 686. The molecule has 2 atom stereocenters. The van der Waals surface area contributed by atoms with E-state index in [1.54, 1.807) is 0 Å². The van der Waals surface area contributed by atoms with E-state index < -0.39 is 0 Å². The SMILES string of the molecule is CCOc1ccc(NC(=O)NC2CC[NH+](CC(=O)N[C@H]3CCCC[C@H]3C)CC2)cc1. The van der Waals surface area contributed by atoms with Gasteiger partial charge >= 0.3 is 6.03 Å². The van der Waals surface area contributed by atoms with Crippen LogP contribution in [0.3, 0.4) is 0 Å². The van der Waals surface area contributed by atoms with E-state index >= 15 is 0 Å². The second kappa shape index (κ2) is 11.2. The number of likely N-dealkylation sites (tertiary alicyclic amines) is 1. The van der Waals surface area contributed by atoms with Crippen molar-refractivity contribution in [3.8, 4) is 5.75 Å². The maximum absolute atomic E-state index is 12.4. The van der Waals surface area contributed by atoms with E-state index in [0.717, 1.165) is 43.8 Å². The Morgan fingerprint density at radius 3 is 2.40 bits per heavy atom. The van der Waals surface area contributed by atoms with Crippen LogP contribution in [0.5, 0.6) is 5.75 Å². The molecule has 0 radical (unpaired) electrons. The highest BCUT2D eigenvalue weighted by molar-refractivity contribution is 5.89. The number of carbonyl (C=O) groups excluding carboxylic acids is 2. The molecule has 4 N–H and O–H groups in total. The molecule has 1 aliphatic carbocycles. The largest absolute Gasteiger partial charge is 0.494 e. The lowest BCUT2D eigenvalue weighted by Gasteiger charge is -2.32. The molecule has 7 nitrogen and oxygen atoms in total. The minimum Gasteiger partial charge on any atom is -0.494 e. The van der Waals surface area contributed by atoms with Gasteiger partial charge in [-0.05, 0) is 49.9 Å². The van der Waals surface area contributed by atoms with E-state index in [0.29, 0.717) is 25.1 Å². The zero-order chi connectivity index (χ0) is 21.3. The molecule has 1 aliphatic heterocycles. The summed E-state index contributed by atoms with van der Waals surface area (Å²) in [5, 5.41) is 9.18. The van der Waals surface area contributed by atoms with Gasteiger partial charge < -0.3 is 25.6 Å². The van der Waals surface area contributed by atoms with Crippen molar-refractivity contribution >= 4 is 17.6 Å². The number of nitrogens with one attached hydrogen (secondary N) is 4. The zero-order valence-electron chi connectivity index (χ0n) is 18.3. The third kappa shape index (κ3) is 6.90. The molecule has 3 amide bonds. The fourth-order valence-corrected chi connectivity index (χ4v) is 4.52. The topological polar surface area (TPSA) is 83.9 Å². The lowest BCUT2D eigenvalue weighted by molar-refractivity contribution is -0.897. The second-order valence-corrected chi connectivity index (χ2v) is 8.69. The van der Waals surface area contributed by atoms with Crippen LogP contribution >= 0.6 is 0 Å². The summed E-state index contributed by atoms with van der Waals surface area (Å²) < 4.78 is 5.41. The maximum atomic E-state index is 12.4. The highest BCUT2D eigenvalue weighted by atomic mass is 16.5. The van der Waals surface area contributed by atoms with Crippen LogP contribution < -0.4 is 25.6 Å². The van der Waals surface area contributed by atoms with Crippen molar-refractivity contribution < 1.29 is 19.2 Å². The summed E-state index contributed by atoms with van der Waals surface area (Å²) >= 11 is 0. The predicted octanol–water partition coefficient (Wildman–Crippen LogP) is 1.95. The van der Waals surface area contributed by atoms with Crippen molar-refractivity contribution in [3.63, 3.8) is 0 Å². The number of hydrogen-bond acceptors (Lipinski definition) is 3. The first kappa shape index (κ1) is 22.4. The lowest BCUT2D eigenvalue weighted by Crippen LogP contribution is -3.14. The minimum atomic E-state index is -0.184. The summed E-state index contributed by atoms with van der Waals surface area (Å²) in [6.45, 7) is 7.15. The van der Waals surface area contributed by atoms with E-state index in [4.69, 9.17) is 4.74 Å². The molecule has 7 heteroatoms. The molecule has 1 aromatic rings. The summed E-state index contributed by atoms with van der Waals surface area (Å²) in [6, 6.07) is 7.68. The molecule has 1 saturated carbocycles. The molecule has 2 aliphatic rings. The van der Waals surface area contributed by atoms with Gasteiger partial charge in [0.15, 0.2) is 6.54 Å². The summed E-state index contributed by atoms with van der Waals surface area (Å²) in [7, 11) is 0. The molecular formula is C23H37N4O3+. The molecule has 166 valence electrons. The molecule has 1 aromatic carbocycles. The third-order valence-electron chi connectivity index (χ3n) is 6.32. The van der Waals surface area contributed by atoms with Crippen molar-refractivity contribution in [3.05, 3.63) is 24.3 Å². The number of urea groups is 1. The summed E-state index contributed by atoms with van der Waals surface area (Å²) in [5.41, 5.74) is 0.743. The highest BCUT2D eigenvalue weighted by Gasteiger charge is 2.27. The number of quaternary nitrogens is 1. The van der Waals surface area contributed by atoms with Gasteiger partial charge in [0.1, 0.15) is 5.75 Å². The molecule has 0 spiro atoms. The van der Waals surface area contributed by atoms with Crippen LogP contribution in [0.4, 0.5) is 10.5 Å². The summed E-state index contributed by atoms with van der Waals surface area (Å²) in [6.07, 6.45) is 6.60. The normalized spacial score (nSPS) is 26.5. The average molecular weight is 418 g/mol. The van der Waals surface area contributed by atoms with Crippen molar-refractivity contribution in [2.24, 2.45) is 5.92 Å². The Labute approximate surface area is 179 Å². The van der Waals surface area contributed by atoms with Crippen molar-refractivity contribution in [1.29, 1.82) is 0 Å². The van der Waals surface area contributed by atoms with Gasteiger partial charge in [0.2, 0.25) is 0 Å². The van der Waals surface area contributed by atoms with E-state index in [2.05, 4.69) is 22.9 Å². The Kier molecular flexibility index (Phi) is 8.37. The Morgan fingerprint density at radius 2 is 1.73 bits per heavy atom. The number of hydrogen-bond donors (Lipinski definition) is 4. The average Bonchev–Trinajstić information content (AvgIpc) is 2.73. The lowest BCUT2D eigenvalue weighted by atomic mass is 9.86. The molecule has 2 fully saturated rings. The smallest absolute Gasteiger partial charge is 0.319 e. The zero-order valence-corrected chi connectivity index (χ0v) is 18.3. The van der Waals surface area contributed by atoms with E-state index in [1.165, 1.54) is 24.2 Å². The van der Waals surface area contributed by atoms with E-state index in [1.807, 2.05) is 31.2 Å². The van der Waals surface area contributed by atoms with Gasteiger partial charge in [-0.2, -0.15) is 0 Å². The van der Waals surface area contributed by atoms with Crippen LogP contribution in [0.15, 0.2) is 24.3 Å². The van der Waals surface area contributed by atoms with Crippen molar-refractivity contribution in [1.82, 2.24) is 10.6 Å². The molecule has 1 heterocycles. The van der Waals surface area contributed by atoms with Crippen LogP contribution in [0.2, 0.25) is 0 Å². The Balaban J connectivity index is 1.34. The number of carbonyl (C=O) groups is 2. The van der Waals surface area contributed by atoms with Gasteiger partial charge in [-0.1, -0.05) is 19.8 Å². The quantitative estimate of drug-likeness (QED) is 0.547. The molecule has 0 aromatic heterocycles. The highest BCUT2D eigenvalue weighted by Crippen LogP contribution is 2.23. The minimum absolute atomic E-state index is 0.151. The number of ether oxygens (including phenoxy) is 1.